The summed E-state index contributed by atoms with van der Waals surface area (Å²) in [5.74, 6) is 0.0120. The standard InChI is InChI=1S/C24H21N5O3S/c1-32-20-8-6-19(7-9-20)28-22(30)12-21-23(31)29(16-18-5-3-11-26-14-18)24(33-21)27-15-17-4-2-10-25-13-17/h2-14H,15-16H2,1H3,(H,28,30)/b21-12-,27-24?. The van der Waals surface area contributed by atoms with Crippen LogP contribution in [0.3, 0.4) is 0 Å². The first-order chi connectivity index (χ1) is 16.1. The number of hydrogen-bond donors (Lipinski definition) is 1. The first-order valence-corrected chi connectivity index (χ1v) is 10.9. The van der Waals surface area contributed by atoms with E-state index in [0.717, 1.165) is 11.1 Å². The Morgan fingerprint density at radius 1 is 1.09 bits per heavy atom. The minimum atomic E-state index is -0.397. The van der Waals surface area contributed by atoms with Crippen LogP contribution in [0, 0.1) is 0 Å². The molecule has 1 saturated heterocycles. The summed E-state index contributed by atoms with van der Waals surface area (Å²) >= 11 is 1.18. The van der Waals surface area contributed by atoms with Crippen LogP contribution < -0.4 is 10.1 Å². The van der Waals surface area contributed by atoms with Crippen LogP contribution >= 0.6 is 11.8 Å². The summed E-state index contributed by atoms with van der Waals surface area (Å²) in [5, 5.41) is 3.29. The summed E-state index contributed by atoms with van der Waals surface area (Å²) < 4.78 is 5.12. The maximum absolute atomic E-state index is 13.1. The van der Waals surface area contributed by atoms with Crippen LogP contribution in [0.2, 0.25) is 0 Å². The van der Waals surface area contributed by atoms with Gasteiger partial charge in [-0.05, 0) is 59.3 Å². The highest BCUT2D eigenvalue weighted by Crippen LogP contribution is 2.32. The van der Waals surface area contributed by atoms with Gasteiger partial charge < -0.3 is 10.1 Å². The number of thioether (sulfide) groups is 1. The van der Waals surface area contributed by atoms with Gasteiger partial charge >= 0.3 is 0 Å². The SMILES string of the molecule is COc1ccc(NC(=O)/C=C2\SC(=NCc3cccnc3)N(Cc3cccnc3)C2=O)cc1. The predicted molar refractivity (Wildman–Crippen MR) is 127 cm³/mol. The lowest BCUT2D eigenvalue weighted by atomic mass is 10.2. The normalized spacial score (nSPS) is 15.8. The van der Waals surface area contributed by atoms with E-state index in [1.807, 2.05) is 24.3 Å². The van der Waals surface area contributed by atoms with E-state index in [-0.39, 0.29) is 5.91 Å². The Morgan fingerprint density at radius 2 is 1.79 bits per heavy atom. The Labute approximate surface area is 195 Å². The summed E-state index contributed by atoms with van der Waals surface area (Å²) in [4.78, 5) is 40.4. The second-order valence-electron chi connectivity index (χ2n) is 7.04. The largest absolute Gasteiger partial charge is 0.497 e. The number of anilines is 1. The highest BCUT2D eigenvalue weighted by Gasteiger charge is 2.34. The first kappa shape index (κ1) is 22.2. The Bertz CT molecular complexity index is 1180. The predicted octanol–water partition coefficient (Wildman–Crippen LogP) is 3.64. The molecule has 1 fully saturated rings. The van der Waals surface area contributed by atoms with Crippen molar-refractivity contribution in [2.24, 2.45) is 4.99 Å². The first-order valence-electron chi connectivity index (χ1n) is 10.1. The summed E-state index contributed by atoms with van der Waals surface area (Å²) in [7, 11) is 1.58. The molecule has 1 aliphatic rings. The number of carbonyl (C=O) groups excluding carboxylic acids is 2. The van der Waals surface area contributed by atoms with Gasteiger partial charge in [-0.25, -0.2) is 0 Å². The summed E-state index contributed by atoms with van der Waals surface area (Å²) in [6.07, 6.45) is 8.11. The number of pyridine rings is 2. The van der Waals surface area contributed by atoms with Gasteiger partial charge in [-0.1, -0.05) is 12.1 Å². The monoisotopic (exact) mass is 459 g/mol. The molecule has 3 aromatic rings. The van der Waals surface area contributed by atoms with Crippen molar-refractivity contribution in [3.8, 4) is 5.75 Å². The minimum absolute atomic E-state index is 0.279. The molecule has 166 valence electrons. The maximum atomic E-state index is 13.1. The molecule has 2 amide bonds. The molecule has 1 aliphatic heterocycles. The van der Waals surface area contributed by atoms with Crippen LogP contribution in [0.15, 0.2) is 89.3 Å². The van der Waals surface area contributed by atoms with E-state index >= 15 is 0 Å². The molecule has 1 N–H and O–H groups in total. The topological polar surface area (TPSA) is 96.8 Å². The number of carbonyl (C=O) groups is 2. The average Bonchev–Trinajstić information content (AvgIpc) is 3.13. The second kappa shape index (κ2) is 10.6. The van der Waals surface area contributed by atoms with E-state index < -0.39 is 5.91 Å². The number of nitrogens with zero attached hydrogens (tertiary/aromatic N) is 4. The fourth-order valence-corrected chi connectivity index (χ4v) is 4.01. The molecule has 0 radical (unpaired) electrons. The van der Waals surface area contributed by atoms with Crippen molar-refractivity contribution in [2.45, 2.75) is 13.1 Å². The summed E-state index contributed by atoms with van der Waals surface area (Å²) in [5.41, 5.74) is 2.39. The number of ether oxygens (including phenoxy) is 1. The number of methoxy groups -OCH3 is 1. The Balaban J connectivity index is 1.53. The molecule has 0 saturated carbocycles. The van der Waals surface area contributed by atoms with Crippen molar-refractivity contribution in [3.05, 3.63) is 95.4 Å². The number of hydrogen-bond acceptors (Lipinski definition) is 7. The van der Waals surface area contributed by atoms with Crippen molar-refractivity contribution in [2.75, 3.05) is 12.4 Å². The fourth-order valence-electron chi connectivity index (χ4n) is 3.06. The van der Waals surface area contributed by atoms with Gasteiger partial charge in [-0.3, -0.25) is 29.4 Å². The Hall–Kier alpha value is -3.98. The van der Waals surface area contributed by atoms with E-state index in [1.54, 1.807) is 61.1 Å². The maximum Gasteiger partial charge on any atom is 0.267 e. The zero-order valence-corrected chi connectivity index (χ0v) is 18.7. The van der Waals surface area contributed by atoms with Crippen molar-refractivity contribution < 1.29 is 14.3 Å². The lowest BCUT2D eigenvalue weighted by molar-refractivity contribution is -0.123. The Kier molecular flexibility index (Phi) is 7.11. The molecule has 0 bridgehead atoms. The molecule has 0 aliphatic carbocycles. The number of amidine groups is 1. The third-order valence-electron chi connectivity index (χ3n) is 4.69. The van der Waals surface area contributed by atoms with Crippen LogP contribution in [0.4, 0.5) is 5.69 Å². The van der Waals surface area contributed by atoms with Gasteiger partial charge in [0.05, 0.1) is 25.1 Å². The second-order valence-corrected chi connectivity index (χ2v) is 8.05. The molecular formula is C24H21N5O3S. The number of benzene rings is 1. The van der Waals surface area contributed by atoms with Gasteiger partial charge in [0.2, 0.25) is 5.91 Å². The van der Waals surface area contributed by atoms with Gasteiger partial charge in [-0.2, -0.15) is 0 Å². The molecule has 4 rings (SSSR count). The molecule has 8 nitrogen and oxygen atoms in total. The molecular weight excluding hydrogens is 438 g/mol. The van der Waals surface area contributed by atoms with Crippen LogP contribution in [0.1, 0.15) is 11.1 Å². The average molecular weight is 460 g/mol. The van der Waals surface area contributed by atoms with Crippen LogP contribution in [0.25, 0.3) is 0 Å². The van der Waals surface area contributed by atoms with Gasteiger partial charge in [0.1, 0.15) is 5.75 Å². The van der Waals surface area contributed by atoms with E-state index in [9.17, 15) is 9.59 Å². The van der Waals surface area contributed by atoms with Crippen LogP contribution in [-0.2, 0) is 22.7 Å². The summed E-state index contributed by atoms with van der Waals surface area (Å²) in [6, 6.07) is 14.4. The van der Waals surface area contributed by atoms with Gasteiger partial charge in [0, 0.05) is 36.6 Å². The molecule has 1 aromatic carbocycles. The fraction of sp³-hybridized carbons (Fsp3) is 0.125. The van der Waals surface area contributed by atoms with Crippen molar-refractivity contribution in [1.29, 1.82) is 0 Å². The van der Waals surface area contributed by atoms with Crippen molar-refractivity contribution >= 4 is 34.4 Å². The smallest absolute Gasteiger partial charge is 0.267 e. The lowest BCUT2D eigenvalue weighted by Gasteiger charge is -2.15. The third-order valence-corrected chi connectivity index (χ3v) is 5.74. The number of aromatic nitrogens is 2. The zero-order chi connectivity index (χ0) is 23.0. The van der Waals surface area contributed by atoms with Crippen molar-refractivity contribution in [1.82, 2.24) is 14.9 Å². The summed E-state index contributed by atoms with van der Waals surface area (Å²) in [6.45, 7) is 0.682. The molecule has 0 unspecified atom stereocenters. The van der Waals surface area contributed by atoms with E-state index in [0.29, 0.717) is 34.6 Å². The molecule has 9 heteroatoms. The van der Waals surface area contributed by atoms with E-state index in [4.69, 9.17) is 4.74 Å². The molecule has 33 heavy (non-hydrogen) atoms. The van der Waals surface area contributed by atoms with Crippen molar-refractivity contribution in [3.63, 3.8) is 0 Å². The lowest BCUT2D eigenvalue weighted by Crippen LogP contribution is -2.29. The van der Waals surface area contributed by atoms with Gasteiger partial charge in [-0.15, -0.1) is 0 Å². The number of nitrogens with one attached hydrogen (secondary N) is 1. The number of aliphatic imine (C=N–C) groups is 1. The number of amides is 2. The highest BCUT2D eigenvalue weighted by molar-refractivity contribution is 8.18. The molecule has 0 spiro atoms. The van der Waals surface area contributed by atoms with E-state index in [2.05, 4.69) is 20.3 Å². The van der Waals surface area contributed by atoms with Gasteiger partial charge in [0.25, 0.3) is 5.91 Å². The van der Waals surface area contributed by atoms with Crippen LogP contribution in [0.5, 0.6) is 5.75 Å². The van der Waals surface area contributed by atoms with E-state index in [1.165, 1.54) is 17.8 Å². The zero-order valence-electron chi connectivity index (χ0n) is 17.8. The molecule has 0 atom stereocenters. The molecule has 3 heterocycles. The quantitative estimate of drug-likeness (QED) is 0.542. The third kappa shape index (κ3) is 5.83. The Morgan fingerprint density at radius 3 is 2.42 bits per heavy atom. The highest BCUT2D eigenvalue weighted by atomic mass is 32.2. The minimum Gasteiger partial charge on any atom is -0.497 e. The number of rotatable bonds is 7. The van der Waals surface area contributed by atoms with Gasteiger partial charge in [0.15, 0.2) is 5.17 Å². The van der Waals surface area contributed by atoms with Crippen LogP contribution in [-0.4, -0.2) is 39.0 Å². The molecule has 2 aromatic heterocycles.